The van der Waals surface area contributed by atoms with Gasteiger partial charge in [-0.3, -0.25) is 0 Å². The Morgan fingerprint density at radius 3 is 1.72 bits per heavy atom. The molecule has 0 aromatic heterocycles. The highest BCUT2D eigenvalue weighted by Gasteiger charge is 2.20. The van der Waals surface area contributed by atoms with Gasteiger partial charge in [0, 0.05) is 29.2 Å². The molecule has 0 radical (unpaired) electrons. The van der Waals surface area contributed by atoms with Crippen LogP contribution in [-0.2, 0) is 19.1 Å². The number of carbonyl (C=O) groups excluding carboxylic acids is 2. The molecule has 0 unspecified atom stereocenters. The minimum atomic E-state index is -0.476. The summed E-state index contributed by atoms with van der Waals surface area (Å²) in [4.78, 5) is 24.7. The van der Waals surface area contributed by atoms with E-state index < -0.39 is 11.9 Å². The second-order valence-corrected chi connectivity index (χ2v) is 6.35. The Morgan fingerprint density at radius 2 is 1.24 bits per heavy atom. The molecule has 152 valence electrons. The standard InChI is InChI=1S/C23H26N2O4/c1-16(22(26)28-3)21(25-19-13-9-6-10-14-19)15-20(23(27)29-4)17(2)24-18-11-7-5-8-12-18/h5-14,24-25H,15H2,1-4H3/b20-17-,21-16-. The van der Waals surface area contributed by atoms with E-state index in [1.54, 1.807) is 13.8 Å². The number of methoxy groups -OCH3 is 2. The molecule has 0 heterocycles. The van der Waals surface area contributed by atoms with Gasteiger partial charge in [-0.05, 0) is 38.1 Å². The van der Waals surface area contributed by atoms with E-state index in [1.807, 2.05) is 60.7 Å². The zero-order chi connectivity index (χ0) is 21.2. The lowest BCUT2D eigenvalue weighted by Crippen LogP contribution is -2.17. The maximum absolute atomic E-state index is 12.5. The monoisotopic (exact) mass is 394 g/mol. The molecule has 0 amide bonds. The molecule has 2 N–H and O–H groups in total. The second kappa shape index (κ2) is 10.7. The average molecular weight is 394 g/mol. The Morgan fingerprint density at radius 1 is 0.759 bits per heavy atom. The SMILES string of the molecule is COC(=O)/C(C)=C(/C/C(C(=O)OC)=C(\C)Nc1ccccc1)Nc1ccccc1. The minimum Gasteiger partial charge on any atom is -0.466 e. The van der Waals surface area contributed by atoms with Crippen LogP contribution in [0.5, 0.6) is 0 Å². The molecular formula is C23H26N2O4. The maximum Gasteiger partial charge on any atom is 0.335 e. The van der Waals surface area contributed by atoms with Gasteiger partial charge in [-0.1, -0.05) is 36.4 Å². The predicted molar refractivity (Wildman–Crippen MR) is 114 cm³/mol. The molecule has 2 rings (SSSR count). The van der Waals surface area contributed by atoms with Crippen molar-refractivity contribution < 1.29 is 19.1 Å². The lowest BCUT2D eigenvalue weighted by atomic mass is 10.0. The molecule has 0 atom stereocenters. The maximum atomic E-state index is 12.5. The Balaban J connectivity index is 2.43. The lowest BCUT2D eigenvalue weighted by molar-refractivity contribution is -0.137. The third-order valence-corrected chi connectivity index (χ3v) is 4.36. The van der Waals surface area contributed by atoms with Crippen LogP contribution >= 0.6 is 0 Å². The minimum absolute atomic E-state index is 0.161. The van der Waals surface area contributed by atoms with E-state index in [2.05, 4.69) is 10.6 Å². The molecule has 6 nitrogen and oxygen atoms in total. The van der Waals surface area contributed by atoms with Crippen molar-refractivity contribution in [3.05, 3.63) is 83.2 Å². The highest BCUT2D eigenvalue weighted by Crippen LogP contribution is 2.23. The molecule has 0 saturated heterocycles. The summed E-state index contributed by atoms with van der Waals surface area (Å²) in [7, 11) is 2.66. The zero-order valence-electron chi connectivity index (χ0n) is 17.1. The summed E-state index contributed by atoms with van der Waals surface area (Å²) in [6.45, 7) is 3.46. The van der Waals surface area contributed by atoms with Gasteiger partial charge in [0.05, 0.1) is 25.4 Å². The van der Waals surface area contributed by atoms with Crippen LogP contribution in [0.25, 0.3) is 0 Å². The van der Waals surface area contributed by atoms with Crippen molar-refractivity contribution in [2.24, 2.45) is 0 Å². The number of anilines is 2. The molecule has 0 fully saturated rings. The highest BCUT2D eigenvalue weighted by molar-refractivity contribution is 5.93. The number of hydrogen-bond donors (Lipinski definition) is 2. The van der Waals surface area contributed by atoms with E-state index in [9.17, 15) is 9.59 Å². The van der Waals surface area contributed by atoms with E-state index in [-0.39, 0.29) is 6.42 Å². The quantitative estimate of drug-likeness (QED) is 0.507. The number of benzene rings is 2. The van der Waals surface area contributed by atoms with Crippen molar-refractivity contribution in [1.29, 1.82) is 0 Å². The highest BCUT2D eigenvalue weighted by atomic mass is 16.5. The summed E-state index contributed by atoms with van der Waals surface area (Å²) in [5.41, 5.74) is 3.61. The molecule has 6 heteroatoms. The first-order valence-electron chi connectivity index (χ1n) is 9.16. The number of ether oxygens (including phenoxy) is 2. The van der Waals surface area contributed by atoms with Crippen LogP contribution in [-0.4, -0.2) is 26.2 Å². The normalized spacial score (nSPS) is 12.3. The van der Waals surface area contributed by atoms with E-state index in [0.717, 1.165) is 11.4 Å². The summed E-state index contributed by atoms with van der Waals surface area (Å²) in [5.74, 6) is -0.947. The Bertz CT molecular complexity index is 903. The van der Waals surface area contributed by atoms with Gasteiger partial charge in [-0.15, -0.1) is 0 Å². The van der Waals surface area contributed by atoms with E-state index in [1.165, 1.54) is 14.2 Å². The van der Waals surface area contributed by atoms with Gasteiger partial charge in [0.15, 0.2) is 0 Å². The van der Waals surface area contributed by atoms with Crippen molar-refractivity contribution in [2.45, 2.75) is 20.3 Å². The third-order valence-electron chi connectivity index (χ3n) is 4.36. The first-order chi connectivity index (χ1) is 14.0. The number of rotatable bonds is 8. The number of nitrogens with one attached hydrogen (secondary N) is 2. The average Bonchev–Trinajstić information content (AvgIpc) is 2.76. The van der Waals surface area contributed by atoms with Gasteiger partial charge in [0.2, 0.25) is 0 Å². The van der Waals surface area contributed by atoms with E-state index in [0.29, 0.717) is 22.5 Å². The largest absolute Gasteiger partial charge is 0.466 e. The lowest BCUT2D eigenvalue weighted by Gasteiger charge is -2.18. The molecule has 0 aliphatic heterocycles. The van der Waals surface area contributed by atoms with E-state index >= 15 is 0 Å². The van der Waals surface area contributed by atoms with Crippen LogP contribution in [0.2, 0.25) is 0 Å². The third kappa shape index (κ3) is 6.24. The van der Waals surface area contributed by atoms with Gasteiger partial charge < -0.3 is 20.1 Å². The molecule has 2 aromatic rings. The predicted octanol–water partition coefficient (Wildman–Crippen LogP) is 4.49. The van der Waals surface area contributed by atoms with Crippen LogP contribution < -0.4 is 10.6 Å². The van der Waals surface area contributed by atoms with Crippen LogP contribution in [0.1, 0.15) is 20.3 Å². The van der Waals surface area contributed by atoms with E-state index in [4.69, 9.17) is 9.47 Å². The second-order valence-electron chi connectivity index (χ2n) is 6.35. The van der Waals surface area contributed by atoms with Gasteiger partial charge >= 0.3 is 11.9 Å². The molecule has 0 aliphatic carbocycles. The fourth-order valence-electron chi connectivity index (χ4n) is 2.71. The molecule has 0 spiro atoms. The summed E-state index contributed by atoms with van der Waals surface area (Å²) >= 11 is 0. The fourth-order valence-corrected chi connectivity index (χ4v) is 2.71. The van der Waals surface area contributed by atoms with Gasteiger partial charge in [0.25, 0.3) is 0 Å². The van der Waals surface area contributed by atoms with Crippen molar-refractivity contribution in [3.8, 4) is 0 Å². The van der Waals surface area contributed by atoms with Crippen molar-refractivity contribution in [2.75, 3.05) is 24.9 Å². The number of hydrogen-bond acceptors (Lipinski definition) is 6. The fraction of sp³-hybridized carbons (Fsp3) is 0.217. The molecular weight excluding hydrogens is 368 g/mol. The van der Waals surface area contributed by atoms with Crippen LogP contribution in [0, 0.1) is 0 Å². The Hall–Kier alpha value is -3.54. The van der Waals surface area contributed by atoms with Crippen LogP contribution in [0.15, 0.2) is 83.2 Å². The smallest absolute Gasteiger partial charge is 0.335 e. The summed E-state index contributed by atoms with van der Waals surface area (Å²) in [6, 6.07) is 18.9. The molecule has 0 saturated carbocycles. The molecule has 29 heavy (non-hydrogen) atoms. The summed E-state index contributed by atoms with van der Waals surface area (Å²) in [5, 5.41) is 6.45. The zero-order valence-corrected chi connectivity index (χ0v) is 17.1. The van der Waals surface area contributed by atoms with Gasteiger partial charge in [-0.2, -0.15) is 0 Å². The van der Waals surface area contributed by atoms with Crippen molar-refractivity contribution in [1.82, 2.24) is 0 Å². The number of allylic oxidation sites excluding steroid dienone is 2. The number of para-hydroxylation sites is 2. The Labute approximate surface area is 171 Å². The summed E-state index contributed by atoms with van der Waals surface area (Å²) in [6.07, 6.45) is 0.161. The first-order valence-corrected chi connectivity index (χ1v) is 9.16. The van der Waals surface area contributed by atoms with Crippen LogP contribution in [0.3, 0.4) is 0 Å². The molecule has 2 aromatic carbocycles. The number of carbonyl (C=O) groups is 2. The van der Waals surface area contributed by atoms with Crippen molar-refractivity contribution in [3.63, 3.8) is 0 Å². The van der Waals surface area contributed by atoms with Crippen molar-refractivity contribution >= 4 is 23.3 Å². The Kier molecular flexibility index (Phi) is 8.03. The molecule has 0 aliphatic rings. The number of esters is 2. The first kappa shape index (κ1) is 21.8. The van der Waals surface area contributed by atoms with Gasteiger partial charge in [-0.25, -0.2) is 9.59 Å². The molecule has 0 bridgehead atoms. The van der Waals surface area contributed by atoms with Gasteiger partial charge in [0.1, 0.15) is 0 Å². The van der Waals surface area contributed by atoms with Crippen LogP contribution in [0.4, 0.5) is 11.4 Å². The topological polar surface area (TPSA) is 76.7 Å². The summed E-state index contributed by atoms with van der Waals surface area (Å²) < 4.78 is 9.86.